The monoisotopic (exact) mass is 268 g/mol. The van der Waals surface area contributed by atoms with E-state index in [2.05, 4.69) is 6.92 Å². The van der Waals surface area contributed by atoms with Gasteiger partial charge in [-0.25, -0.2) is 0 Å². The van der Waals surface area contributed by atoms with Gasteiger partial charge in [0.05, 0.1) is 0 Å². The van der Waals surface area contributed by atoms with Crippen molar-refractivity contribution in [2.75, 3.05) is 0 Å². The molecule has 0 saturated heterocycles. The molecule has 1 unspecified atom stereocenters. The zero-order valence-electron chi connectivity index (χ0n) is 13.2. The summed E-state index contributed by atoms with van der Waals surface area (Å²) in [5.74, 6) is -0.568. The minimum atomic E-state index is -0.292. The minimum Gasteiger partial charge on any atom is -0.291 e. The number of carbonyl (C=O) groups excluding carboxylic acids is 2. The van der Waals surface area contributed by atoms with E-state index in [4.69, 9.17) is 0 Å². The van der Waals surface area contributed by atoms with Crippen molar-refractivity contribution in [3.8, 4) is 0 Å². The zero-order chi connectivity index (χ0) is 14.5. The van der Waals surface area contributed by atoms with E-state index in [0.717, 1.165) is 12.8 Å². The number of rotatable bonds is 13. The van der Waals surface area contributed by atoms with Crippen molar-refractivity contribution in [1.82, 2.24) is 0 Å². The molecule has 0 aromatic heterocycles. The van der Waals surface area contributed by atoms with Gasteiger partial charge in [0.25, 0.3) is 0 Å². The number of hydrogen-bond donors (Lipinski definition) is 0. The summed E-state index contributed by atoms with van der Waals surface area (Å²) in [6.07, 6.45) is 13.9. The second-order valence-electron chi connectivity index (χ2n) is 5.79. The van der Waals surface area contributed by atoms with Crippen molar-refractivity contribution in [2.24, 2.45) is 5.92 Å². The second-order valence-corrected chi connectivity index (χ2v) is 5.79. The van der Waals surface area contributed by atoms with Crippen LogP contribution in [-0.4, -0.2) is 11.6 Å². The lowest BCUT2D eigenvalue weighted by Gasteiger charge is -2.07. The van der Waals surface area contributed by atoms with Crippen LogP contribution in [-0.2, 0) is 9.59 Å². The minimum absolute atomic E-state index is 0.0773. The zero-order valence-corrected chi connectivity index (χ0v) is 13.2. The Morgan fingerprint density at radius 2 is 1.21 bits per heavy atom. The maximum absolute atomic E-state index is 11.4. The van der Waals surface area contributed by atoms with Gasteiger partial charge in [-0.2, -0.15) is 0 Å². The lowest BCUT2D eigenvalue weighted by atomic mass is 9.96. The van der Waals surface area contributed by atoms with Gasteiger partial charge in [-0.1, -0.05) is 78.1 Å². The molecule has 0 N–H and O–H groups in total. The highest BCUT2D eigenvalue weighted by Gasteiger charge is 2.16. The highest BCUT2D eigenvalue weighted by molar-refractivity contribution is 6.36. The van der Waals surface area contributed by atoms with Crippen LogP contribution < -0.4 is 0 Å². The van der Waals surface area contributed by atoms with Crippen molar-refractivity contribution < 1.29 is 9.59 Å². The summed E-state index contributed by atoms with van der Waals surface area (Å²) < 4.78 is 0. The van der Waals surface area contributed by atoms with E-state index in [1.807, 2.05) is 6.92 Å². The number of unbranched alkanes of at least 4 members (excludes halogenated alkanes) is 9. The SMILES string of the molecule is CCCCCCCCCCCCC(C)C(=O)C(C)=O. The molecule has 0 amide bonds. The summed E-state index contributed by atoms with van der Waals surface area (Å²) in [4.78, 5) is 22.3. The van der Waals surface area contributed by atoms with E-state index in [1.165, 1.54) is 64.7 Å². The first-order chi connectivity index (χ1) is 9.09. The van der Waals surface area contributed by atoms with Crippen molar-refractivity contribution in [3.05, 3.63) is 0 Å². The number of carbonyl (C=O) groups is 2. The molecule has 1 atom stereocenters. The Morgan fingerprint density at radius 1 is 0.789 bits per heavy atom. The summed E-state index contributed by atoms with van der Waals surface area (Å²) in [7, 11) is 0. The standard InChI is InChI=1S/C17H32O2/c1-4-5-6-7-8-9-10-11-12-13-14-15(2)17(19)16(3)18/h15H,4-14H2,1-3H3. The summed E-state index contributed by atoms with van der Waals surface area (Å²) in [5, 5.41) is 0. The largest absolute Gasteiger partial charge is 0.291 e. The van der Waals surface area contributed by atoms with E-state index in [-0.39, 0.29) is 17.5 Å². The van der Waals surface area contributed by atoms with Crippen molar-refractivity contribution >= 4 is 11.6 Å². The van der Waals surface area contributed by atoms with Crippen LogP contribution in [0.25, 0.3) is 0 Å². The molecule has 19 heavy (non-hydrogen) atoms. The van der Waals surface area contributed by atoms with Gasteiger partial charge in [0.2, 0.25) is 5.78 Å². The number of hydrogen-bond acceptors (Lipinski definition) is 2. The summed E-state index contributed by atoms with van der Waals surface area (Å²) in [5.41, 5.74) is 0. The average Bonchev–Trinajstić information content (AvgIpc) is 2.39. The first-order valence-electron chi connectivity index (χ1n) is 8.14. The number of Topliss-reactive ketones (excluding diaryl/α,β-unsaturated/α-hetero) is 2. The van der Waals surface area contributed by atoms with Gasteiger partial charge in [-0.05, 0) is 6.42 Å². The van der Waals surface area contributed by atoms with Crippen LogP contribution in [0.5, 0.6) is 0 Å². The van der Waals surface area contributed by atoms with Crippen LogP contribution in [0.15, 0.2) is 0 Å². The Morgan fingerprint density at radius 3 is 1.63 bits per heavy atom. The van der Waals surface area contributed by atoms with E-state index in [9.17, 15) is 9.59 Å². The Balaban J connectivity index is 3.27. The topological polar surface area (TPSA) is 34.1 Å². The highest BCUT2D eigenvalue weighted by Crippen LogP contribution is 2.14. The third kappa shape index (κ3) is 10.9. The predicted octanol–water partition coefficient (Wildman–Crippen LogP) is 5.09. The molecule has 2 heteroatoms. The molecule has 0 bridgehead atoms. The fraction of sp³-hybridized carbons (Fsp3) is 0.882. The second kappa shape index (κ2) is 12.4. The van der Waals surface area contributed by atoms with E-state index < -0.39 is 0 Å². The molecular weight excluding hydrogens is 236 g/mol. The third-order valence-electron chi connectivity index (χ3n) is 3.79. The molecule has 0 aromatic rings. The molecule has 112 valence electrons. The highest BCUT2D eigenvalue weighted by atomic mass is 16.2. The maximum Gasteiger partial charge on any atom is 0.200 e. The van der Waals surface area contributed by atoms with Crippen molar-refractivity contribution in [1.29, 1.82) is 0 Å². The fourth-order valence-corrected chi connectivity index (χ4v) is 2.42. The Bertz CT molecular complexity index is 246. The molecule has 0 fully saturated rings. The Kier molecular flexibility index (Phi) is 11.9. The van der Waals surface area contributed by atoms with E-state index >= 15 is 0 Å². The van der Waals surface area contributed by atoms with Gasteiger partial charge >= 0.3 is 0 Å². The fourth-order valence-electron chi connectivity index (χ4n) is 2.42. The Labute approximate surface area is 119 Å². The molecule has 0 aliphatic heterocycles. The molecule has 0 rings (SSSR count). The van der Waals surface area contributed by atoms with Crippen LogP contribution >= 0.6 is 0 Å². The lowest BCUT2D eigenvalue weighted by molar-refractivity contribution is -0.137. The lowest BCUT2D eigenvalue weighted by Crippen LogP contribution is -2.18. The normalized spacial score (nSPS) is 12.4. The van der Waals surface area contributed by atoms with Crippen LogP contribution in [0.4, 0.5) is 0 Å². The maximum atomic E-state index is 11.4. The van der Waals surface area contributed by atoms with Gasteiger partial charge in [0.1, 0.15) is 0 Å². The molecule has 0 spiro atoms. The Hall–Kier alpha value is -0.660. The molecule has 0 aromatic carbocycles. The van der Waals surface area contributed by atoms with Gasteiger partial charge in [0, 0.05) is 12.8 Å². The van der Waals surface area contributed by atoms with Gasteiger partial charge in [0.15, 0.2) is 5.78 Å². The average molecular weight is 268 g/mol. The van der Waals surface area contributed by atoms with E-state index in [1.54, 1.807) is 0 Å². The van der Waals surface area contributed by atoms with Crippen LogP contribution in [0.1, 0.15) is 91.4 Å². The first kappa shape index (κ1) is 18.3. The van der Waals surface area contributed by atoms with Gasteiger partial charge < -0.3 is 0 Å². The van der Waals surface area contributed by atoms with Crippen LogP contribution in [0, 0.1) is 5.92 Å². The van der Waals surface area contributed by atoms with Crippen LogP contribution in [0.2, 0.25) is 0 Å². The molecule has 2 nitrogen and oxygen atoms in total. The van der Waals surface area contributed by atoms with E-state index in [0.29, 0.717) is 0 Å². The quantitative estimate of drug-likeness (QED) is 0.344. The molecule has 0 heterocycles. The van der Waals surface area contributed by atoms with Gasteiger partial charge in [-0.3, -0.25) is 9.59 Å². The summed E-state index contributed by atoms with van der Waals surface area (Å²) in [6, 6.07) is 0. The van der Waals surface area contributed by atoms with Crippen LogP contribution in [0.3, 0.4) is 0 Å². The van der Waals surface area contributed by atoms with Crippen molar-refractivity contribution in [2.45, 2.75) is 91.4 Å². The predicted molar refractivity (Wildman–Crippen MR) is 81.3 cm³/mol. The first-order valence-corrected chi connectivity index (χ1v) is 8.14. The molecule has 0 saturated carbocycles. The third-order valence-corrected chi connectivity index (χ3v) is 3.79. The molecule has 0 aliphatic carbocycles. The number of ketones is 2. The van der Waals surface area contributed by atoms with Gasteiger partial charge in [-0.15, -0.1) is 0 Å². The van der Waals surface area contributed by atoms with Crippen molar-refractivity contribution in [3.63, 3.8) is 0 Å². The molecule has 0 radical (unpaired) electrons. The summed E-state index contributed by atoms with van der Waals surface area (Å²) >= 11 is 0. The molecule has 0 aliphatic rings. The smallest absolute Gasteiger partial charge is 0.200 e. The molecular formula is C17H32O2. The summed E-state index contributed by atoms with van der Waals surface area (Å²) in [6.45, 7) is 5.49.